The molecular weight excluding hydrogens is 777 g/mol. The van der Waals surface area contributed by atoms with Crippen molar-refractivity contribution in [1.29, 1.82) is 0 Å². The molecule has 7 aromatic carbocycles. The van der Waals surface area contributed by atoms with Gasteiger partial charge in [-0.1, -0.05) is 84.9 Å². The molecule has 62 heavy (non-hydrogen) atoms. The van der Waals surface area contributed by atoms with Crippen molar-refractivity contribution >= 4 is 11.9 Å². The van der Waals surface area contributed by atoms with Crippen LogP contribution in [0.1, 0.15) is 43.0 Å². The van der Waals surface area contributed by atoms with E-state index < -0.39 is 11.9 Å². The van der Waals surface area contributed by atoms with Crippen LogP contribution in [0.25, 0.3) is 66.8 Å². The van der Waals surface area contributed by atoms with Gasteiger partial charge in [0.2, 0.25) is 0 Å². The molecular formula is C54H46O8. The molecule has 0 aromatic heterocycles. The number of rotatable bonds is 10. The standard InChI is InChI=1S/C54H46O8/c1-57-37-23-17-31(18-24-37)41-29-35-21-27-39-47(43(35)45(51(41)59-3)33-13-9-7-10-14-33)48-40(50(54(56)62-6)49(39)53(55)61-5)28-22-36-30-42(32-19-25-38(58-2)26-20-32)52(60-4)46(44(36)48)34-15-11-8-12-16-34/h7-20,23-26,29-30H,21-22,27-28H2,1-6H3. The van der Waals surface area contributed by atoms with Gasteiger partial charge in [0.25, 0.3) is 0 Å². The first-order valence-electron chi connectivity index (χ1n) is 20.6. The minimum atomic E-state index is -0.586. The quantitative estimate of drug-likeness (QED) is 0.126. The van der Waals surface area contributed by atoms with Crippen molar-refractivity contribution in [2.75, 3.05) is 42.7 Å². The minimum absolute atomic E-state index is 0.238. The first-order chi connectivity index (χ1) is 30.3. The number of aryl methyl sites for hydroxylation is 2. The van der Waals surface area contributed by atoms with Gasteiger partial charge in [-0.2, -0.15) is 0 Å². The van der Waals surface area contributed by atoms with E-state index in [-0.39, 0.29) is 11.1 Å². The molecule has 310 valence electrons. The van der Waals surface area contributed by atoms with E-state index in [9.17, 15) is 9.59 Å². The van der Waals surface area contributed by atoms with Crippen LogP contribution in [0.15, 0.2) is 121 Å². The molecule has 0 N–H and O–H groups in total. The van der Waals surface area contributed by atoms with E-state index in [0.717, 1.165) is 101 Å². The number of hydrogen-bond donors (Lipinski definition) is 0. The van der Waals surface area contributed by atoms with E-state index in [1.807, 2.05) is 84.9 Å². The zero-order valence-corrected chi connectivity index (χ0v) is 35.6. The summed E-state index contributed by atoms with van der Waals surface area (Å²) in [5, 5.41) is 0. The van der Waals surface area contributed by atoms with Crippen molar-refractivity contribution in [3.05, 3.63) is 155 Å². The lowest BCUT2D eigenvalue weighted by Crippen LogP contribution is -2.24. The lowest BCUT2D eigenvalue weighted by Gasteiger charge is -2.35. The third-order valence-corrected chi connectivity index (χ3v) is 12.3. The molecule has 0 amide bonds. The van der Waals surface area contributed by atoms with Gasteiger partial charge in [-0.15, -0.1) is 0 Å². The van der Waals surface area contributed by atoms with Crippen LogP contribution in [-0.2, 0) is 35.2 Å². The van der Waals surface area contributed by atoms with E-state index in [1.54, 1.807) is 28.4 Å². The molecule has 8 nitrogen and oxygen atoms in total. The van der Waals surface area contributed by atoms with Crippen LogP contribution < -0.4 is 18.9 Å². The Morgan fingerprint density at radius 2 is 0.758 bits per heavy atom. The molecule has 0 unspecified atom stereocenters. The van der Waals surface area contributed by atoms with Gasteiger partial charge in [0.05, 0.1) is 53.8 Å². The van der Waals surface area contributed by atoms with Crippen molar-refractivity contribution in [1.82, 2.24) is 0 Å². The molecule has 2 aliphatic carbocycles. The van der Waals surface area contributed by atoms with Crippen LogP contribution in [0, 0.1) is 0 Å². The summed E-state index contributed by atoms with van der Waals surface area (Å²) in [5.41, 5.74) is 15.2. The maximum Gasteiger partial charge on any atom is 0.339 e. The van der Waals surface area contributed by atoms with Crippen molar-refractivity contribution in [2.24, 2.45) is 0 Å². The molecule has 2 aliphatic rings. The van der Waals surface area contributed by atoms with Gasteiger partial charge in [-0.25, -0.2) is 9.59 Å². The highest BCUT2D eigenvalue weighted by Crippen LogP contribution is 2.58. The van der Waals surface area contributed by atoms with E-state index in [2.05, 4.69) is 36.4 Å². The smallest absolute Gasteiger partial charge is 0.339 e. The van der Waals surface area contributed by atoms with E-state index in [4.69, 9.17) is 28.4 Å². The molecule has 7 aromatic rings. The Morgan fingerprint density at radius 1 is 0.387 bits per heavy atom. The molecule has 0 saturated carbocycles. The van der Waals surface area contributed by atoms with Gasteiger partial charge in [0, 0.05) is 22.3 Å². The molecule has 0 bridgehead atoms. The van der Waals surface area contributed by atoms with Crippen LogP contribution >= 0.6 is 0 Å². The number of esters is 2. The van der Waals surface area contributed by atoms with Crippen molar-refractivity contribution in [3.8, 4) is 89.8 Å². The predicted octanol–water partition coefficient (Wildman–Crippen LogP) is 11.5. The molecule has 8 heteroatoms. The predicted molar refractivity (Wildman–Crippen MR) is 243 cm³/mol. The van der Waals surface area contributed by atoms with Crippen LogP contribution in [0.4, 0.5) is 0 Å². The van der Waals surface area contributed by atoms with Gasteiger partial charge in [-0.05, 0) is 129 Å². The highest BCUT2D eigenvalue weighted by atomic mass is 16.5. The summed E-state index contributed by atoms with van der Waals surface area (Å²) in [7, 11) is 9.44. The second-order valence-electron chi connectivity index (χ2n) is 15.4. The Hall–Kier alpha value is -7.32. The van der Waals surface area contributed by atoms with E-state index in [0.29, 0.717) is 37.2 Å². The fourth-order valence-electron chi connectivity index (χ4n) is 9.64. The average molecular weight is 823 g/mol. The zero-order valence-electron chi connectivity index (χ0n) is 35.6. The number of ether oxygens (including phenoxy) is 6. The summed E-state index contributed by atoms with van der Waals surface area (Å²) in [4.78, 5) is 28.6. The second-order valence-corrected chi connectivity index (χ2v) is 15.4. The van der Waals surface area contributed by atoms with Crippen molar-refractivity contribution < 1.29 is 38.0 Å². The fraction of sp³-hybridized carbons (Fsp3) is 0.185. The summed E-state index contributed by atoms with van der Waals surface area (Å²) in [6.45, 7) is 0. The van der Waals surface area contributed by atoms with Gasteiger partial charge in [0.1, 0.15) is 23.0 Å². The van der Waals surface area contributed by atoms with Crippen molar-refractivity contribution in [3.63, 3.8) is 0 Å². The SMILES string of the molecule is COC(=O)c1c2c(c3c(c1C(=O)OC)CCc1cc(-c4ccc(OC)cc4)c(OC)c(-c4ccccc4)c1-3)-c1c(cc(-c3ccc(OC)cc3)c(OC)c1-c1ccccc1)CC2. The molecule has 0 atom stereocenters. The Bertz CT molecular complexity index is 2660. The van der Waals surface area contributed by atoms with Crippen LogP contribution in [0.2, 0.25) is 0 Å². The first kappa shape index (κ1) is 40.1. The largest absolute Gasteiger partial charge is 0.497 e. The number of hydrogen-bond acceptors (Lipinski definition) is 8. The Kier molecular flexibility index (Phi) is 10.7. The molecule has 0 aliphatic heterocycles. The Balaban J connectivity index is 1.49. The van der Waals surface area contributed by atoms with Gasteiger partial charge in [0.15, 0.2) is 0 Å². The summed E-state index contributed by atoms with van der Waals surface area (Å²) in [6, 6.07) is 40.9. The van der Waals surface area contributed by atoms with Crippen LogP contribution in [0.3, 0.4) is 0 Å². The average Bonchev–Trinajstić information content (AvgIpc) is 3.34. The van der Waals surface area contributed by atoms with Crippen molar-refractivity contribution in [2.45, 2.75) is 25.7 Å². The highest BCUT2D eigenvalue weighted by molar-refractivity contribution is 6.14. The van der Waals surface area contributed by atoms with Gasteiger partial charge < -0.3 is 28.4 Å². The van der Waals surface area contributed by atoms with Gasteiger partial charge in [-0.3, -0.25) is 0 Å². The topological polar surface area (TPSA) is 89.5 Å². The summed E-state index contributed by atoms with van der Waals surface area (Å²) >= 11 is 0. The normalized spacial score (nSPS) is 12.2. The number of carbonyl (C=O) groups excluding carboxylic acids is 2. The number of benzene rings is 7. The Morgan fingerprint density at radius 3 is 1.08 bits per heavy atom. The molecule has 9 rings (SSSR count). The third kappa shape index (κ3) is 6.54. The summed E-state index contributed by atoms with van der Waals surface area (Å²) in [6.07, 6.45) is 2.08. The van der Waals surface area contributed by atoms with E-state index in [1.165, 1.54) is 14.2 Å². The zero-order chi connectivity index (χ0) is 43.1. The molecule has 0 heterocycles. The number of fused-ring (bicyclic) bond motifs is 7. The molecule has 0 radical (unpaired) electrons. The number of methoxy groups -OCH3 is 6. The van der Waals surface area contributed by atoms with Gasteiger partial charge >= 0.3 is 11.9 Å². The lowest BCUT2D eigenvalue weighted by atomic mass is 9.68. The Labute approximate surface area is 361 Å². The van der Waals surface area contributed by atoms with Crippen LogP contribution in [0.5, 0.6) is 23.0 Å². The minimum Gasteiger partial charge on any atom is -0.497 e. The summed E-state index contributed by atoms with van der Waals surface area (Å²) in [5.74, 6) is 1.71. The monoisotopic (exact) mass is 822 g/mol. The number of carbonyl (C=O) groups is 2. The maximum absolute atomic E-state index is 14.3. The molecule has 0 fully saturated rings. The van der Waals surface area contributed by atoms with Crippen LogP contribution in [-0.4, -0.2) is 54.6 Å². The first-order valence-corrected chi connectivity index (χ1v) is 20.6. The molecule has 0 saturated heterocycles. The fourth-order valence-corrected chi connectivity index (χ4v) is 9.64. The summed E-state index contributed by atoms with van der Waals surface area (Å²) < 4.78 is 35.1. The second kappa shape index (κ2) is 16.6. The van der Waals surface area contributed by atoms with E-state index >= 15 is 0 Å². The third-order valence-electron chi connectivity index (χ3n) is 12.3. The highest BCUT2D eigenvalue weighted by Gasteiger charge is 2.40. The lowest BCUT2D eigenvalue weighted by molar-refractivity contribution is 0.0553. The molecule has 0 spiro atoms. The maximum atomic E-state index is 14.3.